The number of non-ortho nitro benzene ring substituents is 1. The molecule has 0 N–H and O–H groups in total. The van der Waals surface area contributed by atoms with Crippen LogP contribution in [0.5, 0.6) is 0 Å². The number of rotatable bonds is 7. The van der Waals surface area contributed by atoms with E-state index in [4.69, 9.17) is 4.74 Å². The van der Waals surface area contributed by atoms with Gasteiger partial charge < -0.3 is 4.74 Å². The fraction of sp³-hybridized carbons (Fsp3) is 0.120. The second-order valence-corrected chi connectivity index (χ2v) is 7.53. The van der Waals surface area contributed by atoms with E-state index >= 15 is 0 Å². The lowest BCUT2D eigenvalue weighted by Gasteiger charge is -2.13. The standard InChI is InChI=1S/C25H18N2O7/c1-2-15-6-8-16(9-7-15)22(28)14-34-25(31)17-10-11-20-21(12-17)24(30)26(23(20)29)18-4-3-5-19(13-18)27(32)33/h3-13H,2,14H2,1H3. The zero-order valence-electron chi connectivity index (χ0n) is 18.0. The van der Waals surface area contributed by atoms with Crippen molar-refractivity contribution < 1.29 is 28.8 Å². The summed E-state index contributed by atoms with van der Waals surface area (Å²) in [6, 6.07) is 16.0. The lowest BCUT2D eigenvalue weighted by atomic mass is 10.1. The van der Waals surface area contributed by atoms with Gasteiger partial charge in [-0.3, -0.25) is 24.5 Å². The van der Waals surface area contributed by atoms with Gasteiger partial charge in [0.1, 0.15) is 0 Å². The van der Waals surface area contributed by atoms with E-state index < -0.39 is 29.3 Å². The number of nitrogens with zero attached hydrogens (tertiary/aromatic N) is 2. The molecule has 3 aromatic rings. The van der Waals surface area contributed by atoms with Gasteiger partial charge in [0.15, 0.2) is 12.4 Å². The van der Waals surface area contributed by atoms with E-state index in [0.717, 1.165) is 23.0 Å². The van der Waals surface area contributed by atoms with E-state index in [1.165, 1.54) is 36.4 Å². The van der Waals surface area contributed by atoms with E-state index in [1.807, 2.05) is 19.1 Å². The van der Waals surface area contributed by atoms with Crippen molar-refractivity contribution in [2.45, 2.75) is 13.3 Å². The Labute approximate surface area is 193 Å². The second-order valence-electron chi connectivity index (χ2n) is 7.53. The van der Waals surface area contributed by atoms with Gasteiger partial charge >= 0.3 is 5.97 Å². The third-order valence-corrected chi connectivity index (χ3v) is 5.44. The molecule has 0 aliphatic carbocycles. The topological polar surface area (TPSA) is 124 Å². The maximum absolute atomic E-state index is 12.9. The number of nitro groups is 1. The minimum atomic E-state index is -0.824. The zero-order chi connectivity index (χ0) is 24.4. The van der Waals surface area contributed by atoms with Crippen molar-refractivity contribution in [1.29, 1.82) is 0 Å². The number of ether oxygens (including phenoxy) is 1. The van der Waals surface area contributed by atoms with Gasteiger partial charge in [-0.05, 0) is 36.2 Å². The Balaban J connectivity index is 1.50. The quantitative estimate of drug-likeness (QED) is 0.172. The number of Topliss-reactive ketones (excluding diaryl/α,β-unsaturated/α-hetero) is 1. The molecule has 0 fully saturated rings. The third-order valence-electron chi connectivity index (χ3n) is 5.44. The molecule has 0 saturated heterocycles. The highest BCUT2D eigenvalue weighted by Crippen LogP contribution is 2.31. The van der Waals surface area contributed by atoms with Crippen molar-refractivity contribution in [2.24, 2.45) is 0 Å². The first-order chi connectivity index (χ1) is 16.3. The maximum Gasteiger partial charge on any atom is 0.338 e. The summed E-state index contributed by atoms with van der Waals surface area (Å²) in [7, 11) is 0. The van der Waals surface area contributed by atoms with Crippen LogP contribution < -0.4 is 4.90 Å². The van der Waals surface area contributed by atoms with Crippen molar-refractivity contribution in [3.63, 3.8) is 0 Å². The van der Waals surface area contributed by atoms with Crippen LogP contribution in [0, 0.1) is 10.1 Å². The van der Waals surface area contributed by atoms with E-state index in [0.29, 0.717) is 5.56 Å². The summed E-state index contributed by atoms with van der Waals surface area (Å²) >= 11 is 0. The van der Waals surface area contributed by atoms with E-state index in [-0.39, 0.29) is 33.8 Å². The summed E-state index contributed by atoms with van der Waals surface area (Å²) in [6.45, 7) is 1.52. The number of amides is 2. The SMILES string of the molecule is CCc1ccc(C(=O)COC(=O)c2ccc3c(c2)C(=O)N(c2cccc([N+](=O)[O-])c2)C3=O)cc1. The molecule has 9 heteroatoms. The predicted octanol–water partition coefficient (Wildman–Crippen LogP) is 4.00. The summed E-state index contributed by atoms with van der Waals surface area (Å²) in [6.07, 6.45) is 0.835. The van der Waals surface area contributed by atoms with Crippen LogP contribution in [-0.4, -0.2) is 35.1 Å². The Bertz CT molecular complexity index is 1350. The minimum Gasteiger partial charge on any atom is -0.454 e. The lowest BCUT2D eigenvalue weighted by Crippen LogP contribution is -2.29. The van der Waals surface area contributed by atoms with Gasteiger partial charge in [0, 0.05) is 17.7 Å². The third kappa shape index (κ3) is 4.18. The van der Waals surface area contributed by atoms with Crippen LogP contribution >= 0.6 is 0 Å². The summed E-state index contributed by atoms with van der Waals surface area (Å²) in [5.41, 5.74) is 1.27. The first kappa shape index (κ1) is 22.5. The van der Waals surface area contributed by atoms with Crippen LogP contribution in [0.2, 0.25) is 0 Å². The molecule has 3 aromatic carbocycles. The fourth-order valence-electron chi connectivity index (χ4n) is 3.57. The molecule has 170 valence electrons. The van der Waals surface area contributed by atoms with E-state index in [9.17, 15) is 29.3 Å². The molecule has 0 bridgehead atoms. The van der Waals surface area contributed by atoms with E-state index in [1.54, 1.807) is 12.1 Å². The van der Waals surface area contributed by atoms with Gasteiger partial charge in [0.05, 0.1) is 27.3 Å². The number of carbonyl (C=O) groups excluding carboxylic acids is 4. The molecule has 9 nitrogen and oxygen atoms in total. The number of nitro benzene ring substituents is 1. The smallest absolute Gasteiger partial charge is 0.338 e. The fourth-order valence-corrected chi connectivity index (χ4v) is 3.57. The van der Waals surface area contributed by atoms with Crippen LogP contribution in [0.25, 0.3) is 0 Å². The Kier molecular flexibility index (Phi) is 6.01. The largest absolute Gasteiger partial charge is 0.454 e. The Hall–Kier alpha value is -4.66. The Morgan fingerprint density at radius 2 is 1.59 bits per heavy atom. The van der Waals surface area contributed by atoms with Crippen LogP contribution in [0.3, 0.4) is 0 Å². The molecule has 0 unspecified atom stereocenters. The molecule has 1 aliphatic rings. The molecule has 0 spiro atoms. The number of hydrogen-bond acceptors (Lipinski definition) is 7. The average Bonchev–Trinajstić information content (AvgIpc) is 3.11. The van der Waals surface area contributed by atoms with Gasteiger partial charge in [-0.15, -0.1) is 0 Å². The monoisotopic (exact) mass is 458 g/mol. The molecule has 2 amide bonds. The zero-order valence-corrected chi connectivity index (χ0v) is 18.0. The van der Waals surface area contributed by atoms with Crippen molar-refractivity contribution in [1.82, 2.24) is 0 Å². The molecule has 1 aliphatic heterocycles. The molecule has 34 heavy (non-hydrogen) atoms. The molecule has 0 radical (unpaired) electrons. The maximum atomic E-state index is 12.9. The molecular formula is C25H18N2O7. The number of esters is 1. The van der Waals surface area contributed by atoms with Gasteiger partial charge in [0.25, 0.3) is 17.5 Å². The number of ketones is 1. The van der Waals surface area contributed by atoms with E-state index in [2.05, 4.69) is 0 Å². The number of hydrogen-bond donors (Lipinski definition) is 0. The Morgan fingerprint density at radius 3 is 2.26 bits per heavy atom. The van der Waals surface area contributed by atoms with Crippen molar-refractivity contribution in [3.05, 3.63) is 105 Å². The summed E-state index contributed by atoms with van der Waals surface area (Å²) in [5, 5.41) is 11.0. The molecule has 4 rings (SSSR count). The molecular weight excluding hydrogens is 440 g/mol. The second kappa shape index (κ2) is 9.07. The first-order valence-corrected chi connectivity index (χ1v) is 10.4. The molecule has 1 heterocycles. The van der Waals surface area contributed by atoms with Gasteiger partial charge in [-0.25, -0.2) is 9.69 Å². The summed E-state index contributed by atoms with van der Waals surface area (Å²) in [5.74, 6) is -2.58. The predicted molar refractivity (Wildman–Crippen MR) is 121 cm³/mol. The van der Waals surface area contributed by atoms with Crippen molar-refractivity contribution >= 4 is 34.9 Å². The number of imide groups is 1. The number of aryl methyl sites for hydroxylation is 1. The van der Waals surface area contributed by atoms with Gasteiger partial charge in [0.2, 0.25) is 0 Å². The number of fused-ring (bicyclic) bond motifs is 1. The highest BCUT2D eigenvalue weighted by Gasteiger charge is 2.37. The molecule has 0 saturated carbocycles. The number of benzene rings is 3. The normalized spacial score (nSPS) is 12.4. The van der Waals surface area contributed by atoms with Gasteiger partial charge in [-0.2, -0.15) is 0 Å². The van der Waals surface area contributed by atoms with Crippen molar-refractivity contribution in [2.75, 3.05) is 11.5 Å². The number of anilines is 1. The van der Waals surface area contributed by atoms with Crippen LogP contribution in [0.15, 0.2) is 66.7 Å². The highest BCUT2D eigenvalue weighted by molar-refractivity contribution is 6.34. The van der Waals surface area contributed by atoms with Crippen LogP contribution in [0.1, 0.15) is 53.9 Å². The Morgan fingerprint density at radius 1 is 0.912 bits per heavy atom. The van der Waals surface area contributed by atoms with Crippen LogP contribution in [-0.2, 0) is 11.2 Å². The molecule has 0 atom stereocenters. The van der Waals surface area contributed by atoms with Crippen molar-refractivity contribution in [3.8, 4) is 0 Å². The summed E-state index contributed by atoms with van der Waals surface area (Å²) < 4.78 is 5.10. The average molecular weight is 458 g/mol. The lowest BCUT2D eigenvalue weighted by molar-refractivity contribution is -0.384. The number of carbonyl (C=O) groups is 4. The first-order valence-electron chi connectivity index (χ1n) is 10.4. The molecule has 0 aromatic heterocycles. The minimum absolute atomic E-state index is 0.00470. The summed E-state index contributed by atoms with van der Waals surface area (Å²) in [4.78, 5) is 61.7. The highest BCUT2D eigenvalue weighted by atomic mass is 16.6. The van der Waals surface area contributed by atoms with Gasteiger partial charge in [-0.1, -0.05) is 37.3 Å². The van der Waals surface area contributed by atoms with Crippen LogP contribution in [0.4, 0.5) is 11.4 Å².